The summed E-state index contributed by atoms with van der Waals surface area (Å²) in [6.45, 7) is 9.29. The predicted molar refractivity (Wildman–Crippen MR) is 69.5 cm³/mol. The Bertz CT molecular complexity index is 213. The second-order valence-corrected chi connectivity index (χ2v) is 6.35. The average Bonchev–Trinajstić information content (AvgIpc) is 2.16. The molecular weight excluding hydrogens is 198 g/mol. The van der Waals surface area contributed by atoms with E-state index in [2.05, 4.69) is 32.7 Å². The highest BCUT2D eigenvalue weighted by atomic mass is 16.3. The third-order valence-electron chi connectivity index (χ3n) is 4.35. The molecule has 1 fully saturated rings. The molecule has 1 rings (SSSR count). The highest BCUT2D eigenvalue weighted by Crippen LogP contribution is 2.28. The molecule has 1 saturated carbocycles. The van der Waals surface area contributed by atoms with Gasteiger partial charge in [-0.25, -0.2) is 0 Å². The monoisotopic (exact) mass is 227 g/mol. The van der Waals surface area contributed by atoms with E-state index in [4.69, 9.17) is 0 Å². The second-order valence-electron chi connectivity index (χ2n) is 6.35. The van der Waals surface area contributed by atoms with Crippen LogP contribution in [0.15, 0.2) is 0 Å². The lowest BCUT2D eigenvalue weighted by molar-refractivity contribution is -0.0273. The number of nitrogens with zero attached hydrogens (tertiary/aromatic N) is 1. The molecule has 0 saturated heterocycles. The predicted octanol–water partition coefficient (Wildman–Crippen LogP) is 2.90. The number of rotatable bonds is 4. The molecule has 3 atom stereocenters. The van der Waals surface area contributed by atoms with E-state index >= 15 is 0 Å². The maximum absolute atomic E-state index is 10.3. The molecule has 16 heavy (non-hydrogen) atoms. The molecule has 96 valence electrons. The minimum Gasteiger partial charge on any atom is -0.389 e. The Morgan fingerprint density at radius 3 is 2.50 bits per heavy atom. The van der Waals surface area contributed by atoms with Gasteiger partial charge in [0.05, 0.1) is 5.60 Å². The van der Waals surface area contributed by atoms with Crippen molar-refractivity contribution in [3.05, 3.63) is 0 Å². The summed E-state index contributed by atoms with van der Waals surface area (Å²) >= 11 is 0. The number of hydrogen-bond acceptors (Lipinski definition) is 2. The summed E-state index contributed by atoms with van der Waals surface area (Å²) in [7, 11) is 2.17. The van der Waals surface area contributed by atoms with Gasteiger partial charge in [0.2, 0.25) is 0 Å². The van der Waals surface area contributed by atoms with Crippen LogP contribution in [0.5, 0.6) is 0 Å². The fourth-order valence-corrected chi connectivity index (χ4v) is 2.62. The van der Waals surface area contributed by atoms with Crippen LogP contribution in [0.1, 0.15) is 53.4 Å². The van der Waals surface area contributed by atoms with Crippen LogP contribution in [-0.2, 0) is 0 Å². The topological polar surface area (TPSA) is 23.5 Å². The molecule has 0 radical (unpaired) electrons. The van der Waals surface area contributed by atoms with Gasteiger partial charge in [0.1, 0.15) is 0 Å². The smallest absolute Gasteiger partial charge is 0.0768 e. The van der Waals surface area contributed by atoms with Crippen molar-refractivity contribution in [2.45, 2.75) is 65.0 Å². The van der Waals surface area contributed by atoms with Crippen molar-refractivity contribution in [2.75, 3.05) is 13.6 Å². The summed E-state index contributed by atoms with van der Waals surface area (Å²) in [5, 5.41) is 10.3. The zero-order valence-electron chi connectivity index (χ0n) is 11.7. The molecule has 1 aliphatic rings. The van der Waals surface area contributed by atoms with E-state index in [0.717, 1.165) is 12.5 Å². The second kappa shape index (κ2) is 5.50. The molecule has 1 N–H and O–H groups in total. The van der Waals surface area contributed by atoms with Crippen molar-refractivity contribution in [1.82, 2.24) is 4.90 Å². The molecule has 0 aromatic carbocycles. The minimum atomic E-state index is -0.560. The maximum atomic E-state index is 10.3. The minimum absolute atomic E-state index is 0.316. The van der Waals surface area contributed by atoms with E-state index in [1.807, 2.05) is 6.92 Å². The van der Waals surface area contributed by atoms with Crippen molar-refractivity contribution in [2.24, 2.45) is 11.8 Å². The zero-order chi connectivity index (χ0) is 12.3. The lowest BCUT2D eigenvalue weighted by atomic mass is 9.85. The van der Waals surface area contributed by atoms with Gasteiger partial charge >= 0.3 is 0 Å². The van der Waals surface area contributed by atoms with E-state index in [1.54, 1.807) is 0 Å². The summed E-state index contributed by atoms with van der Waals surface area (Å²) in [4.78, 5) is 2.37. The van der Waals surface area contributed by atoms with Gasteiger partial charge in [-0.3, -0.25) is 0 Å². The largest absolute Gasteiger partial charge is 0.389 e. The SMILES string of the molecule is CC1CCCC(N(C)CC(C)(O)C(C)C)C1. The van der Waals surface area contributed by atoms with E-state index in [9.17, 15) is 5.11 Å². The lowest BCUT2D eigenvalue weighted by Gasteiger charge is -2.39. The number of aliphatic hydroxyl groups is 1. The Labute approximate surface area is 101 Å². The van der Waals surface area contributed by atoms with Gasteiger partial charge in [0.15, 0.2) is 0 Å². The molecule has 0 aromatic heterocycles. The van der Waals surface area contributed by atoms with Crippen LogP contribution in [-0.4, -0.2) is 35.2 Å². The summed E-state index contributed by atoms with van der Waals surface area (Å²) < 4.78 is 0. The van der Waals surface area contributed by atoms with Crippen LogP contribution in [0.4, 0.5) is 0 Å². The van der Waals surface area contributed by atoms with E-state index in [1.165, 1.54) is 25.7 Å². The third kappa shape index (κ3) is 3.74. The molecule has 2 nitrogen and oxygen atoms in total. The van der Waals surface area contributed by atoms with Crippen molar-refractivity contribution in [1.29, 1.82) is 0 Å². The molecule has 0 aliphatic heterocycles. The highest BCUT2D eigenvalue weighted by molar-refractivity contribution is 4.84. The summed E-state index contributed by atoms with van der Waals surface area (Å²) in [5.41, 5.74) is -0.560. The quantitative estimate of drug-likeness (QED) is 0.798. The van der Waals surface area contributed by atoms with Gasteiger partial charge in [-0.05, 0) is 38.6 Å². The maximum Gasteiger partial charge on any atom is 0.0768 e. The van der Waals surface area contributed by atoms with Crippen LogP contribution in [0.25, 0.3) is 0 Å². The highest BCUT2D eigenvalue weighted by Gasteiger charge is 2.30. The number of hydrogen-bond donors (Lipinski definition) is 1. The normalized spacial score (nSPS) is 30.8. The van der Waals surface area contributed by atoms with Crippen molar-refractivity contribution >= 4 is 0 Å². The van der Waals surface area contributed by atoms with Crippen LogP contribution >= 0.6 is 0 Å². The van der Waals surface area contributed by atoms with Crippen molar-refractivity contribution < 1.29 is 5.11 Å². The first kappa shape index (κ1) is 14.0. The van der Waals surface area contributed by atoms with Crippen molar-refractivity contribution in [3.63, 3.8) is 0 Å². The first-order valence-electron chi connectivity index (χ1n) is 6.75. The Hall–Kier alpha value is -0.0800. The van der Waals surface area contributed by atoms with Gasteiger partial charge in [0, 0.05) is 12.6 Å². The summed E-state index contributed by atoms with van der Waals surface area (Å²) in [6.07, 6.45) is 5.32. The molecule has 0 spiro atoms. The fourth-order valence-electron chi connectivity index (χ4n) is 2.62. The Morgan fingerprint density at radius 1 is 1.38 bits per heavy atom. The average molecular weight is 227 g/mol. The van der Waals surface area contributed by atoms with Crippen molar-refractivity contribution in [3.8, 4) is 0 Å². The number of likely N-dealkylation sites (N-methyl/N-ethyl adjacent to an activating group) is 1. The fraction of sp³-hybridized carbons (Fsp3) is 1.00. The van der Waals surface area contributed by atoms with Crippen LogP contribution in [0, 0.1) is 11.8 Å². The van der Waals surface area contributed by atoms with E-state index in [0.29, 0.717) is 12.0 Å². The molecule has 2 heteroatoms. The third-order valence-corrected chi connectivity index (χ3v) is 4.35. The molecule has 0 bridgehead atoms. The van der Waals surface area contributed by atoms with E-state index < -0.39 is 5.60 Å². The molecule has 0 heterocycles. The van der Waals surface area contributed by atoms with Gasteiger partial charge in [-0.2, -0.15) is 0 Å². The first-order valence-corrected chi connectivity index (χ1v) is 6.75. The lowest BCUT2D eigenvalue weighted by Crippen LogP contribution is -2.47. The molecule has 0 amide bonds. The van der Waals surface area contributed by atoms with Gasteiger partial charge in [-0.15, -0.1) is 0 Å². The molecule has 0 aromatic rings. The molecular formula is C14H29NO. The van der Waals surface area contributed by atoms with Gasteiger partial charge < -0.3 is 10.0 Å². The Kier molecular flexibility index (Phi) is 4.81. The van der Waals surface area contributed by atoms with Gasteiger partial charge in [-0.1, -0.05) is 33.6 Å². The molecule has 3 unspecified atom stereocenters. The molecule has 1 aliphatic carbocycles. The van der Waals surface area contributed by atoms with Crippen LogP contribution in [0.3, 0.4) is 0 Å². The zero-order valence-corrected chi connectivity index (χ0v) is 11.7. The van der Waals surface area contributed by atoms with E-state index in [-0.39, 0.29) is 0 Å². The Balaban J connectivity index is 2.48. The summed E-state index contributed by atoms with van der Waals surface area (Å²) in [5.74, 6) is 1.17. The van der Waals surface area contributed by atoms with Crippen LogP contribution in [0.2, 0.25) is 0 Å². The first-order chi connectivity index (χ1) is 7.33. The van der Waals surface area contributed by atoms with Gasteiger partial charge in [0.25, 0.3) is 0 Å². The Morgan fingerprint density at radius 2 is 2.00 bits per heavy atom. The standard InChI is InChI=1S/C14H29NO/c1-11(2)14(4,16)10-15(5)13-8-6-7-12(3)9-13/h11-13,16H,6-10H2,1-5H3. The van der Waals surface area contributed by atoms with Crippen LogP contribution < -0.4 is 0 Å². The summed E-state index contributed by atoms with van der Waals surface area (Å²) in [6, 6.07) is 0.675.